The monoisotopic (exact) mass is 378 g/mol. The Kier molecular flexibility index (Phi) is 4.97. The van der Waals surface area contributed by atoms with Gasteiger partial charge in [0.25, 0.3) is 5.91 Å². The first-order valence-corrected chi connectivity index (χ1v) is 9.22. The van der Waals surface area contributed by atoms with Gasteiger partial charge in [0.1, 0.15) is 11.5 Å². The third kappa shape index (κ3) is 3.31. The lowest BCUT2D eigenvalue weighted by Crippen LogP contribution is -2.31. The summed E-state index contributed by atoms with van der Waals surface area (Å²) < 4.78 is 10.8. The van der Waals surface area contributed by atoms with Crippen molar-refractivity contribution in [2.45, 2.75) is 18.9 Å². The SMILES string of the molecule is COc1ccc(C2CCCN2C(=O)c2cnn(-c3ccccc3)n2)c(OC)c1. The Bertz CT molecular complexity index is 971. The Balaban J connectivity index is 1.60. The van der Waals surface area contributed by atoms with E-state index in [4.69, 9.17) is 9.47 Å². The molecule has 0 bridgehead atoms. The molecule has 1 aliphatic heterocycles. The van der Waals surface area contributed by atoms with E-state index in [1.54, 1.807) is 14.2 Å². The number of rotatable bonds is 5. The van der Waals surface area contributed by atoms with Crippen LogP contribution in [-0.4, -0.2) is 46.6 Å². The van der Waals surface area contributed by atoms with E-state index in [1.165, 1.54) is 11.0 Å². The lowest BCUT2D eigenvalue weighted by atomic mass is 10.0. The third-order valence-electron chi connectivity index (χ3n) is 5.01. The van der Waals surface area contributed by atoms with Gasteiger partial charge in [-0.3, -0.25) is 4.79 Å². The summed E-state index contributed by atoms with van der Waals surface area (Å²) in [7, 11) is 3.25. The van der Waals surface area contributed by atoms with Crippen LogP contribution in [0.25, 0.3) is 5.69 Å². The second-order valence-electron chi connectivity index (χ2n) is 6.62. The molecule has 4 rings (SSSR count). The summed E-state index contributed by atoms with van der Waals surface area (Å²) >= 11 is 0. The highest BCUT2D eigenvalue weighted by Crippen LogP contribution is 2.39. The Labute approximate surface area is 163 Å². The summed E-state index contributed by atoms with van der Waals surface area (Å²) in [5.74, 6) is 1.32. The first-order chi connectivity index (χ1) is 13.7. The van der Waals surface area contributed by atoms with E-state index < -0.39 is 0 Å². The Morgan fingerprint density at radius 2 is 1.93 bits per heavy atom. The zero-order chi connectivity index (χ0) is 19.5. The van der Waals surface area contributed by atoms with Crippen molar-refractivity contribution in [1.29, 1.82) is 0 Å². The van der Waals surface area contributed by atoms with Crippen LogP contribution >= 0.6 is 0 Å². The molecule has 0 saturated carbocycles. The van der Waals surface area contributed by atoms with E-state index in [0.717, 1.165) is 35.6 Å². The zero-order valence-electron chi connectivity index (χ0n) is 15.9. The van der Waals surface area contributed by atoms with Crippen LogP contribution in [0.15, 0.2) is 54.7 Å². The van der Waals surface area contributed by atoms with Gasteiger partial charge in [-0.1, -0.05) is 18.2 Å². The highest BCUT2D eigenvalue weighted by molar-refractivity contribution is 5.92. The van der Waals surface area contributed by atoms with Gasteiger partial charge in [-0.25, -0.2) is 0 Å². The molecular weight excluding hydrogens is 356 g/mol. The number of benzene rings is 2. The Morgan fingerprint density at radius 3 is 2.68 bits per heavy atom. The number of hydrogen-bond acceptors (Lipinski definition) is 5. The Hall–Kier alpha value is -3.35. The van der Waals surface area contributed by atoms with Gasteiger partial charge in [0.05, 0.1) is 32.1 Å². The fourth-order valence-corrected chi connectivity index (χ4v) is 3.62. The summed E-state index contributed by atoms with van der Waals surface area (Å²) in [5, 5.41) is 8.64. The minimum atomic E-state index is -0.123. The molecule has 1 fully saturated rings. The third-order valence-corrected chi connectivity index (χ3v) is 5.01. The highest BCUT2D eigenvalue weighted by Gasteiger charge is 2.33. The standard InChI is InChI=1S/C21H22N4O3/c1-27-16-10-11-17(20(13-16)28-2)19-9-6-12-24(19)21(26)18-14-22-25(23-18)15-7-4-3-5-8-15/h3-5,7-8,10-11,13-14,19H,6,9,12H2,1-2H3. The van der Waals surface area contributed by atoms with Gasteiger partial charge in [0, 0.05) is 18.2 Å². The Morgan fingerprint density at radius 1 is 1.11 bits per heavy atom. The van der Waals surface area contributed by atoms with Crippen molar-refractivity contribution >= 4 is 5.91 Å². The maximum absolute atomic E-state index is 13.1. The quantitative estimate of drug-likeness (QED) is 0.682. The van der Waals surface area contributed by atoms with Crippen molar-refractivity contribution < 1.29 is 14.3 Å². The average molecular weight is 378 g/mol. The lowest BCUT2D eigenvalue weighted by molar-refractivity contribution is 0.0727. The van der Waals surface area contributed by atoms with Crippen LogP contribution in [0.1, 0.15) is 34.9 Å². The van der Waals surface area contributed by atoms with E-state index in [1.807, 2.05) is 53.4 Å². The lowest BCUT2D eigenvalue weighted by Gasteiger charge is -2.25. The van der Waals surface area contributed by atoms with Crippen molar-refractivity contribution in [3.8, 4) is 17.2 Å². The van der Waals surface area contributed by atoms with Crippen LogP contribution < -0.4 is 9.47 Å². The number of carbonyl (C=O) groups is 1. The molecule has 1 aliphatic rings. The zero-order valence-corrected chi connectivity index (χ0v) is 15.9. The van der Waals surface area contributed by atoms with Gasteiger partial charge >= 0.3 is 0 Å². The molecule has 0 radical (unpaired) electrons. The minimum Gasteiger partial charge on any atom is -0.497 e. The number of carbonyl (C=O) groups excluding carboxylic acids is 1. The molecule has 0 aliphatic carbocycles. The van der Waals surface area contributed by atoms with Crippen molar-refractivity contribution in [2.75, 3.05) is 20.8 Å². The number of nitrogens with zero attached hydrogens (tertiary/aromatic N) is 4. The molecule has 28 heavy (non-hydrogen) atoms. The van der Waals surface area contributed by atoms with Gasteiger partial charge in [-0.15, -0.1) is 5.10 Å². The van der Waals surface area contributed by atoms with Crippen LogP contribution in [0.4, 0.5) is 0 Å². The molecule has 1 amide bonds. The molecule has 2 heterocycles. The van der Waals surface area contributed by atoms with Crippen LogP contribution in [-0.2, 0) is 0 Å². The number of hydrogen-bond donors (Lipinski definition) is 0. The van der Waals surface area contributed by atoms with Gasteiger partial charge in [0.15, 0.2) is 5.69 Å². The first kappa shape index (κ1) is 18.0. The van der Waals surface area contributed by atoms with Crippen LogP contribution in [0.5, 0.6) is 11.5 Å². The fraction of sp³-hybridized carbons (Fsp3) is 0.286. The smallest absolute Gasteiger partial charge is 0.276 e. The highest BCUT2D eigenvalue weighted by atomic mass is 16.5. The van der Waals surface area contributed by atoms with Gasteiger partial charge in [-0.05, 0) is 37.1 Å². The first-order valence-electron chi connectivity index (χ1n) is 9.22. The number of likely N-dealkylation sites (tertiary alicyclic amines) is 1. The van der Waals surface area contributed by atoms with E-state index in [-0.39, 0.29) is 11.9 Å². The summed E-state index contributed by atoms with van der Waals surface area (Å²) in [6, 6.07) is 15.2. The molecule has 1 unspecified atom stereocenters. The van der Waals surface area contributed by atoms with Crippen molar-refractivity contribution in [2.24, 2.45) is 0 Å². The van der Waals surface area contributed by atoms with Crippen molar-refractivity contribution in [3.05, 3.63) is 66.0 Å². The molecule has 7 heteroatoms. The van der Waals surface area contributed by atoms with Crippen molar-refractivity contribution in [3.63, 3.8) is 0 Å². The van der Waals surface area contributed by atoms with Crippen LogP contribution in [0.3, 0.4) is 0 Å². The van der Waals surface area contributed by atoms with E-state index in [9.17, 15) is 4.79 Å². The molecule has 2 aromatic carbocycles. The summed E-state index contributed by atoms with van der Waals surface area (Å²) in [6.45, 7) is 0.677. The normalized spacial score (nSPS) is 16.2. The second-order valence-corrected chi connectivity index (χ2v) is 6.62. The molecule has 0 spiro atoms. The number of para-hydroxylation sites is 1. The number of amides is 1. The molecular formula is C21H22N4O3. The van der Waals surface area contributed by atoms with Crippen LogP contribution in [0, 0.1) is 0 Å². The maximum atomic E-state index is 13.1. The molecule has 1 aromatic heterocycles. The van der Waals surface area contributed by atoms with E-state index in [0.29, 0.717) is 12.2 Å². The molecule has 1 saturated heterocycles. The van der Waals surface area contributed by atoms with Gasteiger partial charge in [-0.2, -0.15) is 9.90 Å². The minimum absolute atomic E-state index is 0.0600. The van der Waals surface area contributed by atoms with Gasteiger partial charge < -0.3 is 14.4 Å². The number of ether oxygens (including phenoxy) is 2. The van der Waals surface area contributed by atoms with E-state index in [2.05, 4.69) is 10.2 Å². The predicted octanol–water partition coefficient (Wildman–Crippen LogP) is 3.26. The molecule has 0 N–H and O–H groups in total. The fourth-order valence-electron chi connectivity index (χ4n) is 3.62. The van der Waals surface area contributed by atoms with Gasteiger partial charge in [0.2, 0.25) is 0 Å². The number of aromatic nitrogens is 3. The summed E-state index contributed by atoms with van der Waals surface area (Å²) in [6.07, 6.45) is 3.33. The molecule has 144 valence electrons. The predicted molar refractivity (Wildman–Crippen MR) is 104 cm³/mol. The van der Waals surface area contributed by atoms with Crippen LogP contribution in [0.2, 0.25) is 0 Å². The summed E-state index contributed by atoms with van der Waals surface area (Å²) in [5.41, 5.74) is 2.13. The van der Waals surface area contributed by atoms with E-state index >= 15 is 0 Å². The maximum Gasteiger partial charge on any atom is 0.276 e. The molecule has 3 aromatic rings. The van der Waals surface area contributed by atoms with Crippen molar-refractivity contribution in [1.82, 2.24) is 19.9 Å². The second kappa shape index (κ2) is 7.72. The average Bonchev–Trinajstić information content (AvgIpc) is 3.43. The largest absolute Gasteiger partial charge is 0.497 e. The summed E-state index contributed by atoms with van der Waals surface area (Å²) in [4.78, 5) is 16.5. The topological polar surface area (TPSA) is 69.5 Å². The number of methoxy groups -OCH3 is 2. The molecule has 7 nitrogen and oxygen atoms in total. The molecule has 1 atom stereocenters.